The van der Waals surface area contributed by atoms with Crippen LogP contribution in [0.2, 0.25) is 0 Å². The maximum atomic E-state index is 12.1. The molecule has 0 saturated heterocycles. The molecule has 2 unspecified atom stereocenters. The zero-order chi connectivity index (χ0) is 12.4. The Balaban J connectivity index is 2.07. The van der Waals surface area contributed by atoms with Gasteiger partial charge >= 0.3 is 5.97 Å². The van der Waals surface area contributed by atoms with Crippen molar-refractivity contribution in [2.75, 3.05) is 6.61 Å². The fraction of sp³-hybridized carbons (Fsp3) is 0.933. The van der Waals surface area contributed by atoms with Crippen LogP contribution in [0.4, 0.5) is 0 Å². The molecule has 98 valence electrons. The van der Waals surface area contributed by atoms with E-state index in [2.05, 4.69) is 13.8 Å². The van der Waals surface area contributed by atoms with Crippen molar-refractivity contribution in [2.45, 2.75) is 52.9 Å². The first-order valence-corrected chi connectivity index (χ1v) is 7.30. The highest BCUT2D eigenvalue weighted by molar-refractivity contribution is 5.73. The topological polar surface area (TPSA) is 26.3 Å². The lowest BCUT2D eigenvalue weighted by Crippen LogP contribution is -2.42. The number of carbonyl (C=O) groups excluding carboxylic acids is 1. The third kappa shape index (κ3) is 2.66. The molecule has 0 heterocycles. The van der Waals surface area contributed by atoms with Crippen LogP contribution in [-0.4, -0.2) is 12.6 Å². The van der Waals surface area contributed by atoms with Gasteiger partial charge in [-0.3, -0.25) is 4.79 Å². The van der Waals surface area contributed by atoms with E-state index in [1.54, 1.807) is 0 Å². The second-order valence-electron chi connectivity index (χ2n) is 6.20. The quantitative estimate of drug-likeness (QED) is 0.702. The Hall–Kier alpha value is -0.530. The average molecular weight is 238 g/mol. The Labute approximate surface area is 105 Å². The summed E-state index contributed by atoms with van der Waals surface area (Å²) in [5.74, 6) is 3.11. The first-order valence-electron chi connectivity index (χ1n) is 7.30. The van der Waals surface area contributed by atoms with Gasteiger partial charge in [0.1, 0.15) is 0 Å². The Morgan fingerprint density at radius 3 is 2.29 bits per heavy atom. The molecule has 2 heteroatoms. The third-order valence-electron chi connectivity index (χ3n) is 4.88. The van der Waals surface area contributed by atoms with Crippen LogP contribution in [0.5, 0.6) is 0 Å². The second-order valence-corrected chi connectivity index (χ2v) is 6.20. The van der Waals surface area contributed by atoms with E-state index in [0.717, 1.165) is 11.8 Å². The molecule has 2 rings (SSSR count). The van der Waals surface area contributed by atoms with Gasteiger partial charge in [-0.05, 0) is 56.3 Å². The predicted octanol–water partition coefficient (Wildman–Crippen LogP) is 3.65. The number of esters is 1. The first-order chi connectivity index (χ1) is 8.13. The molecule has 0 spiro atoms. The number of rotatable bonds is 3. The van der Waals surface area contributed by atoms with Gasteiger partial charge in [-0.1, -0.05) is 20.3 Å². The minimum absolute atomic E-state index is 0.0874. The minimum atomic E-state index is 0.0874. The standard InChI is InChI=1S/C15H26O2/c1-4-17-15(16)14-11-6-5-7-12(14)9-13(8-11)10(2)3/h10-14H,4-9H2,1-3H3. The highest BCUT2D eigenvalue weighted by Crippen LogP contribution is 2.49. The van der Waals surface area contributed by atoms with Gasteiger partial charge in [0.15, 0.2) is 0 Å². The molecule has 0 radical (unpaired) electrons. The van der Waals surface area contributed by atoms with Crippen LogP contribution < -0.4 is 0 Å². The van der Waals surface area contributed by atoms with E-state index in [4.69, 9.17) is 4.74 Å². The highest BCUT2D eigenvalue weighted by atomic mass is 16.5. The predicted molar refractivity (Wildman–Crippen MR) is 68.5 cm³/mol. The van der Waals surface area contributed by atoms with Crippen molar-refractivity contribution in [1.82, 2.24) is 0 Å². The fourth-order valence-electron chi connectivity index (χ4n) is 3.96. The van der Waals surface area contributed by atoms with Gasteiger partial charge in [0, 0.05) is 0 Å². The van der Waals surface area contributed by atoms with Crippen LogP contribution in [0.1, 0.15) is 52.9 Å². The van der Waals surface area contributed by atoms with Crippen LogP contribution in [0, 0.1) is 29.6 Å². The molecule has 2 aliphatic carbocycles. The Bertz CT molecular complexity index is 258. The van der Waals surface area contributed by atoms with Crippen LogP contribution in [-0.2, 0) is 9.53 Å². The summed E-state index contributed by atoms with van der Waals surface area (Å²) in [6, 6.07) is 0. The molecule has 2 saturated carbocycles. The fourth-order valence-corrected chi connectivity index (χ4v) is 3.96. The first kappa shape index (κ1) is 12.9. The number of hydrogen-bond donors (Lipinski definition) is 0. The lowest BCUT2D eigenvalue weighted by molar-refractivity contribution is -0.157. The number of fused-ring (bicyclic) bond motifs is 2. The Morgan fingerprint density at radius 1 is 1.24 bits per heavy atom. The van der Waals surface area contributed by atoms with Crippen molar-refractivity contribution in [3.05, 3.63) is 0 Å². The smallest absolute Gasteiger partial charge is 0.309 e. The molecule has 2 atom stereocenters. The van der Waals surface area contributed by atoms with Crippen molar-refractivity contribution in [3.63, 3.8) is 0 Å². The van der Waals surface area contributed by atoms with Crippen molar-refractivity contribution in [2.24, 2.45) is 29.6 Å². The van der Waals surface area contributed by atoms with Gasteiger partial charge in [-0.2, -0.15) is 0 Å². The van der Waals surface area contributed by atoms with E-state index < -0.39 is 0 Å². The van der Waals surface area contributed by atoms with Crippen molar-refractivity contribution < 1.29 is 9.53 Å². The molecule has 0 aromatic rings. The van der Waals surface area contributed by atoms with E-state index in [1.807, 2.05) is 6.92 Å². The molecule has 0 aromatic heterocycles. The molecule has 2 aliphatic rings. The van der Waals surface area contributed by atoms with Gasteiger partial charge in [0.25, 0.3) is 0 Å². The number of carbonyl (C=O) groups is 1. The van der Waals surface area contributed by atoms with E-state index >= 15 is 0 Å². The van der Waals surface area contributed by atoms with Gasteiger partial charge < -0.3 is 4.74 Å². The van der Waals surface area contributed by atoms with Gasteiger partial charge in [-0.25, -0.2) is 0 Å². The molecule has 0 aromatic carbocycles. The zero-order valence-electron chi connectivity index (χ0n) is 11.4. The highest BCUT2D eigenvalue weighted by Gasteiger charge is 2.45. The molecule has 17 heavy (non-hydrogen) atoms. The molecular formula is C15H26O2. The number of hydrogen-bond acceptors (Lipinski definition) is 2. The summed E-state index contributed by atoms with van der Waals surface area (Å²) in [5, 5.41) is 0. The molecule has 0 aliphatic heterocycles. The molecule has 2 fully saturated rings. The lowest BCUT2D eigenvalue weighted by Gasteiger charge is -2.45. The maximum absolute atomic E-state index is 12.1. The average Bonchev–Trinajstić information content (AvgIpc) is 2.27. The zero-order valence-corrected chi connectivity index (χ0v) is 11.4. The summed E-state index contributed by atoms with van der Waals surface area (Å²) in [7, 11) is 0. The van der Waals surface area contributed by atoms with Gasteiger partial charge in [-0.15, -0.1) is 0 Å². The summed E-state index contributed by atoms with van der Waals surface area (Å²) in [5.41, 5.74) is 0. The Kier molecular flexibility index (Phi) is 4.11. The van der Waals surface area contributed by atoms with Gasteiger partial charge in [0.05, 0.1) is 12.5 Å². The second kappa shape index (κ2) is 5.41. The molecular weight excluding hydrogens is 212 g/mol. The minimum Gasteiger partial charge on any atom is -0.466 e. The number of ether oxygens (including phenoxy) is 1. The van der Waals surface area contributed by atoms with E-state index in [9.17, 15) is 4.79 Å². The largest absolute Gasteiger partial charge is 0.466 e. The molecule has 2 nitrogen and oxygen atoms in total. The van der Waals surface area contributed by atoms with Crippen LogP contribution in [0.15, 0.2) is 0 Å². The summed E-state index contributed by atoms with van der Waals surface area (Å²) in [4.78, 5) is 12.1. The van der Waals surface area contributed by atoms with Crippen LogP contribution in [0.25, 0.3) is 0 Å². The van der Waals surface area contributed by atoms with E-state index in [-0.39, 0.29) is 11.9 Å². The molecule has 0 N–H and O–H groups in total. The molecule has 2 bridgehead atoms. The van der Waals surface area contributed by atoms with Crippen molar-refractivity contribution in [1.29, 1.82) is 0 Å². The SMILES string of the molecule is CCOC(=O)C1C2CCCC1CC(C(C)C)C2. The third-order valence-corrected chi connectivity index (χ3v) is 4.88. The summed E-state index contributed by atoms with van der Waals surface area (Å²) in [6.07, 6.45) is 6.29. The monoisotopic (exact) mass is 238 g/mol. The summed E-state index contributed by atoms with van der Waals surface area (Å²) < 4.78 is 5.27. The van der Waals surface area contributed by atoms with Crippen LogP contribution in [0.3, 0.4) is 0 Å². The molecule has 0 amide bonds. The van der Waals surface area contributed by atoms with E-state index in [0.29, 0.717) is 18.4 Å². The lowest BCUT2D eigenvalue weighted by atomic mass is 9.59. The van der Waals surface area contributed by atoms with Crippen LogP contribution >= 0.6 is 0 Å². The summed E-state index contributed by atoms with van der Waals surface area (Å²) >= 11 is 0. The Morgan fingerprint density at radius 2 is 1.82 bits per heavy atom. The van der Waals surface area contributed by atoms with Crippen molar-refractivity contribution in [3.8, 4) is 0 Å². The van der Waals surface area contributed by atoms with Crippen molar-refractivity contribution >= 4 is 5.97 Å². The summed E-state index contributed by atoms with van der Waals surface area (Å²) in [6.45, 7) is 7.09. The van der Waals surface area contributed by atoms with Gasteiger partial charge in [0.2, 0.25) is 0 Å². The maximum Gasteiger partial charge on any atom is 0.309 e. The normalized spacial score (nSPS) is 36.9. The van der Waals surface area contributed by atoms with E-state index in [1.165, 1.54) is 32.1 Å².